The van der Waals surface area contributed by atoms with Crippen LogP contribution in [0.3, 0.4) is 0 Å². The molecule has 2 heterocycles. The second kappa shape index (κ2) is 6.91. The number of β-amino-alcohol motifs (C(OH)–C–C–N with tert-alkyl or cyclic N) is 1. The van der Waals surface area contributed by atoms with E-state index in [0.717, 1.165) is 17.7 Å². The van der Waals surface area contributed by atoms with Gasteiger partial charge in [-0.05, 0) is 17.9 Å². The highest BCUT2D eigenvalue weighted by Gasteiger charge is 2.39. The first kappa shape index (κ1) is 15.8. The fourth-order valence-corrected chi connectivity index (χ4v) is 3.38. The number of nitrogens with zero attached hydrogens (tertiary/aromatic N) is 1. The van der Waals surface area contributed by atoms with Crippen LogP contribution in [0.4, 0.5) is 4.79 Å². The number of aliphatic carboxylic acids is 1. The monoisotopic (exact) mass is 312 g/mol. The molecule has 2 amide bonds. The standard InChI is InChI=1S/C14H20N2O4S/c1-2-4-10(12-5-3-6-21-12)15-14(20)16-8-9(17)7-11(16)13(18)19/h3,5-6,9-11,17H,2,4,7-8H2,1H3,(H,15,20)(H,18,19)/t9-,10?,11+/m1/s1. The highest BCUT2D eigenvalue weighted by atomic mass is 32.1. The number of likely N-dealkylation sites (tertiary alicyclic amines) is 1. The van der Waals surface area contributed by atoms with Crippen molar-refractivity contribution >= 4 is 23.3 Å². The van der Waals surface area contributed by atoms with Gasteiger partial charge in [0.15, 0.2) is 0 Å². The molecule has 0 spiro atoms. The molecule has 0 aliphatic carbocycles. The van der Waals surface area contributed by atoms with E-state index in [9.17, 15) is 14.7 Å². The number of thiophene rings is 1. The molecule has 0 saturated carbocycles. The second-order valence-corrected chi connectivity index (χ2v) is 6.18. The number of rotatable bonds is 5. The third-order valence-corrected chi connectivity index (χ3v) is 4.57. The Morgan fingerprint density at radius 1 is 1.57 bits per heavy atom. The van der Waals surface area contributed by atoms with E-state index in [1.54, 1.807) is 11.3 Å². The number of hydrogen-bond acceptors (Lipinski definition) is 4. The Balaban J connectivity index is 2.06. The molecule has 2 rings (SSSR count). The molecule has 1 saturated heterocycles. The average molecular weight is 312 g/mol. The number of aliphatic hydroxyl groups excluding tert-OH is 1. The maximum Gasteiger partial charge on any atom is 0.326 e. The number of carboxylic acids is 1. The summed E-state index contributed by atoms with van der Waals surface area (Å²) in [5.74, 6) is -1.08. The Morgan fingerprint density at radius 3 is 2.90 bits per heavy atom. The summed E-state index contributed by atoms with van der Waals surface area (Å²) < 4.78 is 0. The van der Waals surface area contributed by atoms with Crippen LogP contribution in [0.5, 0.6) is 0 Å². The van der Waals surface area contributed by atoms with Gasteiger partial charge in [0.1, 0.15) is 6.04 Å². The number of urea groups is 1. The van der Waals surface area contributed by atoms with E-state index in [1.165, 1.54) is 4.90 Å². The Bertz CT molecular complexity index is 491. The van der Waals surface area contributed by atoms with Crippen molar-refractivity contribution in [2.75, 3.05) is 6.54 Å². The van der Waals surface area contributed by atoms with Crippen LogP contribution in [-0.4, -0.2) is 45.8 Å². The summed E-state index contributed by atoms with van der Waals surface area (Å²) in [5.41, 5.74) is 0. The van der Waals surface area contributed by atoms with Gasteiger partial charge in [-0.1, -0.05) is 19.4 Å². The first-order valence-electron chi connectivity index (χ1n) is 7.04. The summed E-state index contributed by atoms with van der Waals surface area (Å²) in [7, 11) is 0. The largest absolute Gasteiger partial charge is 0.480 e. The second-order valence-electron chi connectivity index (χ2n) is 5.20. The van der Waals surface area contributed by atoms with Crippen molar-refractivity contribution in [3.63, 3.8) is 0 Å². The summed E-state index contributed by atoms with van der Waals surface area (Å²) in [6.07, 6.45) is 1.01. The van der Waals surface area contributed by atoms with E-state index in [-0.39, 0.29) is 19.0 Å². The van der Waals surface area contributed by atoms with E-state index < -0.39 is 24.1 Å². The number of nitrogens with one attached hydrogen (secondary N) is 1. The van der Waals surface area contributed by atoms with E-state index in [4.69, 9.17) is 5.11 Å². The number of carbonyl (C=O) groups is 2. The molecule has 7 heteroatoms. The fourth-order valence-electron chi connectivity index (χ4n) is 2.57. The van der Waals surface area contributed by atoms with Crippen LogP contribution in [0.15, 0.2) is 17.5 Å². The van der Waals surface area contributed by atoms with Gasteiger partial charge in [0.05, 0.1) is 12.1 Å². The van der Waals surface area contributed by atoms with E-state index in [1.807, 2.05) is 24.4 Å². The minimum Gasteiger partial charge on any atom is -0.480 e. The summed E-state index contributed by atoms with van der Waals surface area (Å²) in [6.45, 7) is 2.10. The lowest BCUT2D eigenvalue weighted by atomic mass is 10.1. The van der Waals surface area contributed by atoms with Gasteiger partial charge in [0, 0.05) is 17.8 Å². The maximum atomic E-state index is 12.3. The van der Waals surface area contributed by atoms with Crippen LogP contribution in [0.25, 0.3) is 0 Å². The molecule has 1 unspecified atom stereocenters. The number of hydrogen-bond donors (Lipinski definition) is 3. The van der Waals surface area contributed by atoms with Gasteiger partial charge in [-0.25, -0.2) is 9.59 Å². The lowest BCUT2D eigenvalue weighted by molar-refractivity contribution is -0.141. The highest BCUT2D eigenvalue weighted by molar-refractivity contribution is 7.10. The Hall–Kier alpha value is -1.60. The highest BCUT2D eigenvalue weighted by Crippen LogP contribution is 2.25. The van der Waals surface area contributed by atoms with Crippen LogP contribution in [0, 0.1) is 0 Å². The van der Waals surface area contributed by atoms with Gasteiger partial charge in [-0.3, -0.25) is 0 Å². The summed E-state index contributed by atoms with van der Waals surface area (Å²) in [5, 5.41) is 23.6. The number of amides is 2. The molecule has 0 aromatic carbocycles. The van der Waals surface area contributed by atoms with Crippen LogP contribution in [-0.2, 0) is 4.79 Å². The predicted molar refractivity (Wildman–Crippen MR) is 79.3 cm³/mol. The van der Waals surface area contributed by atoms with Gasteiger partial charge < -0.3 is 20.4 Å². The zero-order chi connectivity index (χ0) is 15.4. The maximum absolute atomic E-state index is 12.3. The quantitative estimate of drug-likeness (QED) is 0.773. The summed E-state index contributed by atoms with van der Waals surface area (Å²) in [6, 6.07) is 2.39. The minimum absolute atomic E-state index is 0.0616. The van der Waals surface area contributed by atoms with E-state index in [0.29, 0.717) is 0 Å². The van der Waals surface area contributed by atoms with Crippen molar-refractivity contribution in [1.29, 1.82) is 0 Å². The molecule has 1 aliphatic heterocycles. The van der Waals surface area contributed by atoms with Crippen LogP contribution >= 0.6 is 11.3 Å². The molecule has 0 radical (unpaired) electrons. The smallest absolute Gasteiger partial charge is 0.326 e. The lowest BCUT2D eigenvalue weighted by Gasteiger charge is -2.25. The molecule has 1 aromatic rings. The van der Waals surface area contributed by atoms with Crippen molar-refractivity contribution in [3.05, 3.63) is 22.4 Å². The first-order chi connectivity index (χ1) is 10.0. The van der Waals surface area contributed by atoms with Crippen LogP contribution in [0.1, 0.15) is 37.1 Å². The molecule has 0 bridgehead atoms. The lowest BCUT2D eigenvalue weighted by Crippen LogP contribution is -2.47. The third-order valence-electron chi connectivity index (χ3n) is 3.59. The molecule has 1 aromatic heterocycles. The van der Waals surface area contributed by atoms with Crippen molar-refractivity contribution in [3.8, 4) is 0 Å². The van der Waals surface area contributed by atoms with E-state index >= 15 is 0 Å². The van der Waals surface area contributed by atoms with Crippen molar-refractivity contribution in [2.45, 2.75) is 44.4 Å². The van der Waals surface area contributed by atoms with Gasteiger partial charge in [-0.2, -0.15) is 0 Å². The zero-order valence-corrected chi connectivity index (χ0v) is 12.7. The SMILES string of the molecule is CCCC(NC(=O)N1C[C@H](O)C[C@H]1C(=O)O)c1cccs1. The van der Waals surface area contributed by atoms with Gasteiger partial charge in [0.2, 0.25) is 0 Å². The van der Waals surface area contributed by atoms with Crippen LogP contribution in [0.2, 0.25) is 0 Å². The van der Waals surface area contributed by atoms with E-state index in [2.05, 4.69) is 5.32 Å². The fraction of sp³-hybridized carbons (Fsp3) is 0.571. The molecule has 1 aliphatic rings. The Kier molecular flexibility index (Phi) is 5.19. The molecule has 1 fully saturated rings. The molecule has 3 N–H and O–H groups in total. The van der Waals surface area contributed by atoms with Crippen molar-refractivity contribution in [2.24, 2.45) is 0 Å². The minimum atomic E-state index is -1.08. The Morgan fingerprint density at radius 2 is 2.33 bits per heavy atom. The molecule has 6 nitrogen and oxygen atoms in total. The van der Waals surface area contributed by atoms with Gasteiger partial charge in [0.25, 0.3) is 0 Å². The van der Waals surface area contributed by atoms with Crippen LogP contribution < -0.4 is 5.32 Å². The predicted octanol–water partition coefficient (Wildman–Crippen LogP) is 1.82. The number of carboxylic acid groups (broad SMARTS) is 1. The number of carbonyl (C=O) groups excluding carboxylic acids is 1. The summed E-state index contributed by atoms with van der Waals surface area (Å²) in [4.78, 5) is 25.8. The topological polar surface area (TPSA) is 89.9 Å². The molecule has 116 valence electrons. The zero-order valence-electron chi connectivity index (χ0n) is 11.9. The average Bonchev–Trinajstić information content (AvgIpc) is 3.06. The Labute approximate surface area is 127 Å². The number of aliphatic hydroxyl groups is 1. The first-order valence-corrected chi connectivity index (χ1v) is 7.92. The summed E-state index contributed by atoms with van der Waals surface area (Å²) >= 11 is 1.56. The van der Waals surface area contributed by atoms with Gasteiger partial charge in [-0.15, -0.1) is 11.3 Å². The molecular weight excluding hydrogens is 292 g/mol. The third kappa shape index (κ3) is 3.74. The van der Waals surface area contributed by atoms with Crippen molar-refractivity contribution in [1.82, 2.24) is 10.2 Å². The van der Waals surface area contributed by atoms with Gasteiger partial charge >= 0.3 is 12.0 Å². The molecular formula is C14H20N2O4S. The van der Waals surface area contributed by atoms with Crippen molar-refractivity contribution < 1.29 is 19.8 Å². The molecule has 21 heavy (non-hydrogen) atoms. The normalized spacial score (nSPS) is 23.0. The molecule has 3 atom stereocenters.